The Labute approximate surface area is 181 Å². The molecular formula is C24H36N4S. The largest absolute Gasteiger partial charge is 0.369 e. The van der Waals surface area contributed by atoms with E-state index in [1.54, 1.807) is 0 Å². The Hall–Kier alpha value is -1.72. The van der Waals surface area contributed by atoms with Crippen molar-refractivity contribution in [3.63, 3.8) is 0 Å². The lowest BCUT2D eigenvalue weighted by molar-refractivity contribution is 0.270. The molecule has 1 aliphatic rings. The summed E-state index contributed by atoms with van der Waals surface area (Å²) in [4.78, 5) is 13.2. The van der Waals surface area contributed by atoms with Gasteiger partial charge in [-0.15, -0.1) is 0 Å². The highest BCUT2D eigenvalue weighted by Crippen LogP contribution is 2.25. The summed E-state index contributed by atoms with van der Waals surface area (Å²) in [6, 6.07) is 8.90. The predicted octanol–water partition coefficient (Wildman–Crippen LogP) is 4.68. The van der Waals surface area contributed by atoms with Crippen molar-refractivity contribution < 1.29 is 0 Å². The third kappa shape index (κ3) is 5.67. The minimum Gasteiger partial charge on any atom is -0.369 e. The van der Waals surface area contributed by atoms with Gasteiger partial charge in [0.25, 0.3) is 0 Å². The molecule has 0 bridgehead atoms. The summed E-state index contributed by atoms with van der Waals surface area (Å²) < 4.78 is 0. The molecule has 2 heterocycles. The fourth-order valence-electron chi connectivity index (χ4n) is 4.02. The normalized spacial score (nSPS) is 15.1. The van der Waals surface area contributed by atoms with Gasteiger partial charge in [-0.1, -0.05) is 45.0 Å². The van der Waals surface area contributed by atoms with Gasteiger partial charge in [-0.2, -0.15) is 0 Å². The number of likely N-dealkylation sites (N-methyl/N-ethyl adjacent to an activating group) is 2. The number of pyridine rings is 1. The average Bonchev–Trinajstić information content (AvgIpc) is 2.74. The fourth-order valence-corrected chi connectivity index (χ4v) is 4.28. The molecule has 4 nitrogen and oxygen atoms in total. The highest BCUT2D eigenvalue weighted by atomic mass is 32.1. The van der Waals surface area contributed by atoms with E-state index < -0.39 is 0 Å². The van der Waals surface area contributed by atoms with E-state index in [9.17, 15) is 0 Å². The Balaban J connectivity index is 1.70. The molecule has 0 amide bonds. The predicted molar refractivity (Wildman–Crippen MR) is 129 cm³/mol. The summed E-state index contributed by atoms with van der Waals surface area (Å²) in [5.74, 6) is 1.12. The molecule has 0 unspecified atom stereocenters. The maximum atomic E-state index is 5.69. The van der Waals surface area contributed by atoms with E-state index >= 15 is 0 Å². The fraction of sp³-hybridized carbons (Fsp3) is 0.583. The van der Waals surface area contributed by atoms with Crippen molar-refractivity contribution in [3.05, 3.63) is 35.4 Å². The zero-order valence-corrected chi connectivity index (χ0v) is 19.4. The topological polar surface area (TPSA) is 22.6 Å². The van der Waals surface area contributed by atoms with Crippen LogP contribution in [0.15, 0.2) is 24.3 Å². The Morgan fingerprint density at radius 3 is 2.55 bits per heavy atom. The number of piperazine rings is 1. The molecule has 0 radical (unpaired) electrons. The van der Waals surface area contributed by atoms with Crippen molar-refractivity contribution in [2.45, 2.75) is 46.5 Å². The van der Waals surface area contributed by atoms with Crippen molar-refractivity contribution in [1.82, 2.24) is 14.8 Å². The molecular weight excluding hydrogens is 376 g/mol. The van der Waals surface area contributed by atoms with Crippen LogP contribution >= 0.6 is 12.2 Å². The number of fused-ring (bicyclic) bond motifs is 1. The van der Waals surface area contributed by atoms with Gasteiger partial charge < -0.3 is 14.7 Å². The average molecular weight is 413 g/mol. The smallest absolute Gasteiger partial charge is 0.129 e. The first kappa shape index (κ1) is 22.0. The second-order valence-electron chi connectivity index (χ2n) is 8.27. The van der Waals surface area contributed by atoms with Crippen molar-refractivity contribution in [2.75, 3.05) is 51.2 Å². The van der Waals surface area contributed by atoms with E-state index in [1.807, 2.05) is 0 Å². The van der Waals surface area contributed by atoms with E-state index in [2.05, 4.69) is 66.8 Å². The van der Waals surface area contributed by atoms with Crippen LogP contribution in [-0.4, -0.2) is 66.1 Å². The van der Waals surface area contributed by atoms with E-state index in [1.165, 1.54) is 35.8 Å². The maximum absolute atomic E-state index is 5.69. The highest BCUT2D eigenvalue weighted by Gasteiger charge is 2.18. The summed E-state index contributed by atoms with van der Waals surface area (Å²) in [5, 5.41) is 1.25. The first-order valence-corrected chi connectivity index (χ1v) is 11.5. The number of nitrogens with zero attached hydrogens (tertiary/aromatic N) is 4. The second kappa shape index (κ2) is 10.4. The van der Waals surface area contributed by atoms with Gasteiger partial charge in [-0.3, -0.25) is 0 Å². The van der Waals surface area contributed by atoms with Crippen LogP contribution in [0.4, 0.5) is 5.82 Å². The monoisotopic (exact) mass is 412 g/mol. The maximum Gasteiger partial charge on any atom is 0.129 e. The van der Waals surface area contributed by atoms with Crippen molar-refractivity contribution in [3.8, 4) is 0 Å². The lowest BCUT2D eigenvalue weighted by atomic mass is 10.0. The first-order valence-electron chi connectivity index (χ1n) is 11.1. The molecule has 0 atom stereocenters. The number of hydrogen-bond donors (Lipinski definition) is 0. The number of aromatic nitrogens is 1. The van der Waals surface area contributed by atoms with Gasteiger partial charge in [-0.25, -0.2) is 4.98 Å². The number of hydrogen-bond acceptors (Lipinski definition) is 4. The molecule has 1 aromatic carbocycles. The quantitative estimate of drug-likeness (QED) is 0.463. The Kier molecular flexibility index (Phi) is 7.84. The summed E-state index contributed by atoms with van der Waals surface area (Å²) in [5.41, 5.74) is 3.66. The van der Waals surface area contributed by atoms with Crippen molar-refractivity contribution >= 4 is 33.9 Å². The van der Waals surface area contributed by atoms with E-state index in [0.717, 1.165) is 62.0 Å². The van der Waals surface area contributed by atoms with Gasteiger partial charge in [0.15, 0.2) is 0 Å². The van der Waals surface area contributed by atoms with E-state index in [-0.39, 0.29) is 0 Å². The summed E-state index contributed by atoms with van der Waals surface area (Å²) in [6.45, 7) is 13.2. The minimum atomic E-state index is 0.827. The molecule has 1 aromatic heterocycles. The van der Waals surface area contributed by atoms with Crippen LogP contribution in [-0.2, 0) is 6.42 Å². The Morgan fingerprint density at radius 2 is 1.86 bits per heavy atom. The van der Waals surface area contributed by atoms with Crippen LogP contribution in [0.1, 0.15) is 44.2 Å². The van der Waals surface area contributed by atoms with E-state index in [4.69, 9.17) is 17.2 Å². The number of benzene rings is 1. The Bertz CT molecular complexity index is 827. The second-order valence-corrected chi connectivity index (χ2v) is 8.74. The molecule has 0 aliphatic carbocycles. The summed E-state index contributed by atoms with van der Waals surface area (Å²) in [6.07, 6.45) is 4.55. The SMILES string of the molecule is CCCCCN(C)C(=S)Cc1ccc2nc(N3CCN(CC)CC3)cc(C)c2c1. The summed E-state index contributed by atoms with van der Waals surface area (Å²) >= 11 is 5.69. The van der Waals surface area contributed by atoms with Gasteiger partial charge >= 0.3 is 0 Å². The molecule has 0 spiro atoms. The van der Waals surface area contributed by atoms with Crippen LogP contribution < -0.4 is 4.90 Å². The van der Waals surface area contributed by atoms with Crippen molar-refractivity contribution in [1.29, 1.82) is 0 Å². The summed E-state index contributed by atoms with van der Waals surface area (Å²) in [7, 11) is 2.12. The number of aryl methyl sites for hydroxylation is 1. The number of rotatable bonds is 8. The lowest BCUT2D eigenvalue weighted by Crippen LogP contribution is -2.46. The van der Waals surface area contributed by atoms with Gasteiger partial charge in [0, 0.05) is 51.6 Å². The molecule has 1 saturated heterocycles. The lowest BCUT2D eigenvalue weighted by Gasteiger charge is -2.35. The molecule has 0 saturated carbocycles. The Morgan fingerprint density at radius 1 is 1.10 bits per heavy atom. The van der Waals surface area contributed by atoms with Gasteiger partial charge in [0.1, 0.15) is 5.82 Å². The van der Waals surface area contributed by atoms with Crippen LogP contribution in [0.25, 0.3) is 10.9 Å². The van der Waals surface area contributed by atoms with E-state index in [0.29, 0.717) is 0 Å². The zero-order chi connectivity index (χ0) is 20.8. The molecule has 1 aliphatic heterocycles. The van der Waals surface area contributed by atoms with Crippen LogP contribution in [0.5, 0.6) is 0 Å². The molecule has 5 heteroatoms. The molecule has 158 valence electrons. The molecule has 0 N–H and O–H groups in total. The molecule has 1 fully saturated rings. The zero-order valence-electron chi connectivity index (χ0n) is 18.6. The highest BCUT2D eigenvalue weighted by molar-refractivity contribution is 7.80. The van der Waals surface area contributed by atoms with Gasteiger partial charge in [0.05, 0.1) is 10.5 Å². The van der Waals surface area contributed by atoms with Crippen LogP contribution in [0.3, 0.4) is 0 Å². The number of anilines is 1. The molecule has 29 heavy (non-hydrogen) atoms. The molecule has 3 rings (SSSR count). The van der Waals surface area contributed by atoms with Gasteiger partial charge in [-0.05, 0) is 49.2 Å². The molecule has 2 aromatic rings. The van der Waals surface area contributed by atoms with Crippen molar-refractivity contribution in [2.24, 2.45) is 0 Å². The van der Waals surface area contributed by atoms with Gasteiger partial charge in [0.2, 0.25) is 0 Å². The number of unbranched alkanes of at least 4 members (excludes halogenated alkanes) is 2. The van der Waals surface area contributed by atoms with Crippen LogP contribution in [0, 0.1) is 6.92 Å². The number of thiocarbonyl (C=S) groups is 1. The first-order chi connectivity index (χ1) is 14.0. The third-order valence-corrected chi connectivity index (χ3v) is 6.54. The van der Waals surface area contributed by atoms with Crippen LogP contribution in [0.2, 0.25) is 0 Å². The standard InChI is InChI=1S/C24H36N4S/c1-5-7-8-11-26(4)24(29)18-20-9-10-22-21(17-20)19(3)16-23(25-22)28-14-12-27(6-2)13-15-28/h9-10,16-17H,5-8,11-15,18H2,1-4H3. The third-order valence-electron chi connectivity index (χ3n) is 6.09. The minimum absolute atomic E-state index is 0.827.